The van der Waals surface area contributed by atoms with Crippen LogP contribution in [0.1, 0.15) is 45.4 Å². The molecule has 0 amide bonds. The van der Waals surface area contributed by atoms with Gasteiger partial charge in [0.2, 0.25) is 0 Å². The van der Waals surface area contributed by atoms with Crippen LogP contribution in [0.2, 0.25) is 0 Å². The smallest absolute Gasteiger partial charge is 0.191 e. The molecule has 0 aromatic rings. The lowest BCUT2D eigenvalue weighted by atomic mass is 9.86. The highest BCUT2D eigenvalue weighted by Gasteiger charge is 2.25. The number of rotatable bonds is 5. The van der Waals surface area contributed by atoms with Crippen LogP contribution >= 0.6 is 24.0 Å². The Morgan fingerprint density at radius 1 is 1.16 bits per heavy atom. The highest BCUT2D eigenvalue weighted by Crippen LogP contribution is 2.26. The van der Waals surface area contributed by atoms with Gasteiger partial charge in [-0.2, -0.15) is 0 Å². The standard InChI is InChI=1S/C14H27N3O.HI/c1-2-15-14(16-9-11-5-3-6-11)17-10-12-7-4-8-13(12)18;/h11-13,18H,2-10H2,1H3,(H2,15,16,17);1H. The van der Waals surface area contributed by atoms with Crippen molar-refractivity contribution in [2.75, 3.05) is 19.6 Å². The number of nitrogens with one attached hydrogen (secondary N) is 2. The summed E-state index contributed by atoms with van der Waals surface area (Å²) in [7, 11) is 0. The highest BCUT2D eigenvalue weighted by atomic mass is 127. The summed E-state index contributed by atoms with van der Waals surface area (Å²) in [5.41, 5.74) is 0. The average Bonchev–Trinajstić information content (AvgIpc) is 2.69. The largest absolute Gasteiger partial charge is 0.393 e. The molecular formula is C14H28IN3O. The molecule has 2 unspecified atom stereocenters. The number of hydrogen-bond donors (Lipinski definition) is 3. The zero-order valence-electron chi connectivity index (χ0n) is 11.9. The number of nitrogens with zero attached hydrogens (tertiary/aromatic N) is 1. The molecule has 0 radical (unpaired) electrons. The van der Waals surface area contributed by atoms with Crippen molar-refractivity contribution in [2.24, 2.45) is 16.8 Å². The molecule has 0 aliphatic heterocycles. The summed E-state index contributed by atoms with van der Waals surface area (Å²) >= 11 is 0. The van der Waals surface area contributed by atoms with Crippen molar-refractivity contribution in [3.8, 4) is 0 Å². The molecule has 19 heavy (non-hydrogen) atoms. The lowest BCUT2D eigenvalue weighted by Gasteiger charge is -2.24. The topological polar surface area (TPSA) is 56.7 Å². The minimum atomic E-state index is -0.119. The van der Waals surface area contributed by atoms with Crippen LogP contribution in [0, 0.1) is 11.8 Å². The highest BCUT2D eigenvalue weighted by molar-refractivity contribution is 14.0. The van der Waals surface area contributed by atoms with Gasteiger partial charge in [-0.25, -0.2) is 0 Å². The fourth-order valence-corrected chi connectivity index (χ4v) is 2.72. The zero-order valence-corrected chi connectivity index (χ0v) is 14.2. The number of hydrogen-bond acceptors (Lipinski definition) is 2. The first-order valence-corrected chi connectivity index (χ1v) is 7.50. The quantitative estimate of drug-likeness (QED) is 0.389. The Morgan fingerprint density at radius 3 is 2.42 bits per heavy atom. The van der Waals surface area contributed by atoms with Gasteiger partial charge in [0, 0.05) is 25.6 Å². The van der Waals surface area contributed by atoms with E-state index in [9.17, 15) is 5.11 Å². The predicted octanol–water partition coefficient (Wildman–Crippen LogP) is 2.12. The van der Waals surface area contributed by atoms with Crippen LogP contribution in [0.25, 0.3) is 0 Å². The van der Waals surface area contributed by atoms with E-state index in [2.05, 4.69) is 22.5 Å². The molecule has 4 nitrogen and oxygen atoms in total. The minimum absolute atomic E-state index is 0. The third kappa shape index (κ3) is 5.45. The number of aliphatic hydroxyl groups is 1. The van der Waals surface area contributed by atoms with Crippen molar-refractivity contribution in [1.29, 1.82) is 0 Å². The molecule has 2 saturated carbocycles. The lowest BCUT2D eigenvalue weighted by molar-refractivity contribution is 0.134. The van der Waals surface area contributed by atoms with E-state index in [0.29, 0.717) is 5.92 Å². The summed E-state index contributed by atoms with van der Waals surface area (Å²) in [6.07, 6.45) is 7.18. The van der Waals surface area contributed by atoms with E-state index in [0.717, 1.165) is 50.8 Å². The molecule has 0 spiro atoms. The maximum Gasteiger partial charge on any atom is 0.191 e. The normalized spacial score (nSPS) is 27.6. The summed E-state index contributed by atoms with van der Waals surface area (Å²) in [5, 5.41) is 16.5. The summed E-state index contributed by atoms with van der Waals surface area (Å²) < 4.78 is 0. The van der Waals surface area contributed by atoms with Crippen LogP contribution < -0.4 is 10.6 Å². The Kier molecular flexibility index (Phi) is 8.06. The Labute approximate surface area is 133 Å². The van der Waals surface area contributed by atoms with Crippen LogP contribution in [0.5, 0.6) is 0 Å². The fourth-order valence-electron chi connectivity index (χ4n) is 2.72. The first-order chi connectivity index (χ1) is 8.79. The van der Waals surface area contributed by atoms with Crippen molar-refractivity contribution in [3.05, 3.63) is 0 Å². The molecule has 2 aliphatic carbocycles. The third-order valence-electron chi connectivity index (χ3n) is 4.23. The van der Waals surface area contributed by atoms with Crippen molar-refractivity contribution in [2.45, 2.75) is 51.6 Å². The second-order valence-corrected chi connectivity index (χ2v) is 5.66. The van der Waals surface area contributed by atoms with E-state index in [1.807, 2.05) is 0 Å². The van der Waals surface area contributed by atoms with E-state index >= 15 is 0 Å². The average molecular weight is 381 g/mol. The molecule has 112 valence electrons. The van der Waals surface area contributed by atoms with Gasteiger partial charge in [0.1, 0.15) is 0 Å². The Balaban J connectivity index is 0.00000180. The minimum Gasteiger partial charge on any atom is -0.393 e. The monoisotopic (exact) mass is 381 g/mol. The van der Waals surface area contributed by atoms with Gasteiger partial charge in [-0.05, 0) is 38.5 Å². The number of aliphatic hydroxyl groups excluding tert-OH is 1. The van der Waals surface area contributed by atoms with Crippen molar-refractivity contribution >= 4 is 29.9 Å². The maximum absolute atomic E-state index is 9.80. The van der Waals surface area contributed by atoms with Crippen molar-refractivity contribution in [3.63, 3.8) is 0 Å². The van der Waals surface area contributed by atoms with E-state index in [1.54, 1.807) is 0 Å². The first kappa shape index (κ1) is 17.0. The molecule has 3 N–H and O–H groups in total. The molecule has 5 heteroatoms. The van der Waals surface area contributed by atoms with Gasteiger partial charge < -0.3 is 15.7 Å². The molecule has 0 saturated heterocycles. The predicted molar refractivity (Wildman–Crippen MR) is 90.1 cm³/mol. The molecule has 2 rings (SSSR count). The van der Waals surface area contributed by atoms with Gasteiger partial charge >= 0.3 is 0 Å². The summed E-state index contributed by atoms with van der Waals surface area (Å²) in [6.45, 7) is 4.77. The van der Waals surface area contributed by atoms with Gasteiger partial charge in [0.05, 0.1) is 6.10 Å². The second kappa shape index (κ2) is 9.00. The van der Waals surface area contributed by atoms with E-state index in [-0.39, 0.29) is 30.1 Å². The molecule has 0 aromatic carbocycles. The van der Waals surface area contributed by atoms with Crippen LogP contribution in [0.3, 0.4) is 0 Å². The molecule has 0 bridgehead atoms. The lowest BCUT2D eigenvalue weighted by Crippen LogP contribution is -2.41. The Morgan fingerprint density at radius 2 is 1.89 bits per heavy atom. The molecule has 0 aromatic heterocycles. The van der Waals surface area contributed by atoms with E-state index < -0.39 is 0 Å². The second-order valence-electron chi connectivity index (χ2n) is 5.66. The van der Waals surface area contributed by atoms with Crippen LogP contribution in [-0.4, -0.2) is 36.8 Å². The van der Waals surface area contributed by atoms with Gasteiger partial charge in [0.15, 0.2) is 5.96 Å². The summed E-state index contributed by atoms with van der Waals surface area (Å²) in [4.78, 5) is 4.63. The molecule has 0 heterocycles. The van der Waals surface area contributed by atoms with E-state index in [4.69, 9.17) is 0 Å². The molecule has 2 atom stereocenters. The van der Waals surface area contributed by atoms with Crippen molar-refractivity contribution in [1.82, 2.24) is 10.6 Å². The molecule has 2 fully saturated rings. The van der Waals surface area contributed by atoms with Gasteiger partial charge in [-0.15, -0.1) is 24.0 Å². The third-order valence-corrected chi connectivity index (χ3v) is 4.23. The summed E-state index contributed by atoms with van der Waals surface area (Å²) in [5.74, 6) is 2.12. The SMILES string of the molecule is CCNC(=NCC1CCC1)NCC1CCCC1O.I. The number of guanidine groups is 1. The van der Waals surface area contributed by atoms with Crippen molar-refractivity contribution < 1.29 is 5.11 Å². The van der Waals surface area contributed by atoms with E-state index in [1.165, 1.54) is 19.3 Å². The fraction of sp³-hybridized carbons (Fsp3) is 0.929. The molecule has 2 aliphatic rings. The van der Waals surface area contributed by atoms with Gasteiger partial charge in [-0.1, -0.05) is 12.8 Å². The van der Waals surface area contributed by atoms with Crippen LogP contribution in [0.4, 0.5) is 0 Å². The Hall–Kier alpha value is -0.0400. The number of halogens is 1. The zero-order chi connectivity index (χ0) is 12.8. The Bertz CT molecular complexity index is 282. The number of aliphatic imine (C=N–C) groups is 1. The van der Waals surface area contributed by atoms with Gasteiger partial charge in [0.25, 0.3) is 0 Å². The first-order valence-electron chi connectivity index (χ1n) is 7.50. The summed E-state index contributed by atoms with van der Waals surface area (Å²) in [6, 6.07) is 0. The molecular weight excluding hydrogens is 353 g/mol. The van der Waals surface area contributed by atoms with Gasteiger partial charge in [-0.3, -0.25) is 4.99 Å². The van der Waals surface area contributed by atoms with Crippen LogP contribution in [-0.2, 0) is 0 Å². The van der Waals surface area contributed by atoms with Crippen LogP contribution in [0.15, 0.2) is 4.99 Å². The maximum atomic E-state index is 9.80.